The summed E-state index contributed by atoms with van der Waals surface area (Å²) in [5.74, 6) is 0.00720. The zero-order valence-corrected chi connectivity index (χ0v) is 9.63. The number of anilines is 1. The Morgan fingerprint density at radius 3 is 2.53 bits per heavy atom. The van der Waals surface area contributed by atoms with Gasteiger partial charge in [0.2, 0.25) is 5.91 Å². The van der Waals surface area contributed by atoms with Crippen molar-refractivity contribution >= 4 is 22.4 Å². The van der Waals surface area contributed by atoms with Crippen molar-refractivity contribution in [1.29, 1.82) is 0 Å². The quantitative estimate of drug-likeness (QED) is 0.755. The van der Waals surface area contributed by atoms with Gasteiger partial charge in [0.05, 0.1) is 6.04 Å². The summed E-state index contributed by atoms with van der Waals surface area (Å²) < 4.78 is 0. The fourth-order valence-corrected chi connectivity index (χ4v) is 2.34. The molecule has 17 heavy (non-hydrogen) atoms. The molecule has 3 rings (SSSR count). The molecule has 2 N–H and O–H groups in total. The topological polar surface area (TPSA) is 46.3 Å². The number of amides is 1. The van der Waals surface area contributed by atoms with Crippen LogP contribution >= 0.6 is 0 Å². The minimum atomic E-state index is -0.346. The molecule has 86 valence electrons. The predicted molar refractivity (Wildman–Crippen MR) is 68.9 cm³/mol. The van der Waals surface area contributed by atoms with Crippen molar-refractivity contribution < 1.29 is 4.79 Å². The van der Waals surface area contributed by atoms with Gasteiger partial charge in [-0.1, -0.05) is 30.3 Å². The minimum Gasteiger partial charge on any atom is -0.318 e. The summed E-state index contributed by atoms with van der Waals surface area (Å²) in [6, 6.07) is 13.9. The Kier molecular flexibility index (Phi) is 2.16. The number of rotatable bonds is 1. The molecule has 1 fully saturated rings. The fraction of sp³-hybridized carbons (Fsp3) is 0.214. The third-order valence-corrected chi connectivity index (χ3v) is 3.46. The number of carbonyl (C=O) groups is 1. The van der Waals surface area contributed by atoms with Gasteiger partial charge in [0.1, 0.15) is 6.04 Å². The molecule has 3 nitrogen and oxygen atoms in total. The lowest BCUT2D eigenvalue weighted by atomic mass is 9.96. The van der Waals surface area contributed by atoms with Gasteiger partial charge in [-0.25, -0.2) is 0 Å². The molecule has 1 aliphatic heterocycles. The molecule has 1 heterocycles. The lowest BCUT2D eigenvalue weighted by Crippen LogP contribution is -2.67. The molecule has 1 aliphatic rings. The van der Waals surface area contributed by atoms with Gasteiger partial charge in [-0.3, -0.25) is 4.79 Å². The molecule has 2 atom stereocenters. The Balaban J connectivity index is 2.04. The predicted octanol–water partition coefficient (Wildman–Crippen LogP) is 1.90. The van der Waals surface area contributed by atoms with E-state index in [-0.39, 0.29) is 18.0 Å². The van der Waals surface area contributed by atoms with Crippen molar-refractivity contribution in [2.75, 3.05) is 4.90 Å². The number of carbonyl (C=O) groups excluding carboxylic acids is 1. The van der Waals surface area contributed by atoms with Crippen molar-refractivity contribution in [2.24, 2.45) is 5.73 Å². The van der Waals surface area contributed by atoms with E-state index in [0.717, 1.165) is 11.1 Å². The summed E-state index contributed by atoms with van der Waals surface area (Å²) in [6.45, 7) is 1.97. The maximum Gasteiger partial charge on any atom is 0.246 e. The average Bonchev–Trinajstić information content (AvgIpc) is 2.38. The monoisotopic (exact) mass is 226 g/mol. The maximum absolute atomic E-state index is 11.7. The van der Waals surface area contributed by atoms with E-state index in [1.165, 1.54) is 5.39 Å². The Labute approximate surface area is 99.8 Å². The Morgan fingerprint density at radius 2 is 1.82 bits per heavy atom. The van der Waals surface area contributed by atoms with Crippen LogP contribution in [0, 0.1) is 0 Å². The normalized spacial score (nSPS) is 23.9. The summed E-state index contributed by atoms with van der Waals surface area (Å²) in [4.78, 5) is 13.5. The molecule has 0 bridgehead atoms. The molecule has 2 aromatic rings. The molecule has 0 saturated carbocycles. The van der Waals surface area contributed by atoms with E-state index in [0.29, 0.717) is 0 Å². The number of hydrogen-bond acceptors (Lipinski definition) is 2. The van der Waals surface area contributed by atoms with E-state index in [1.807, 2.05) is 43.3 Å². The van der Waals surface area contributed by atoms with Crippen LogP contribution in [-0.4, -0.2) is 18.0 Å². The lowest BCUT2D eigenvalue weighted by Gasteiger charge is -2.43. The first-order chi connectivity index (χ1) is 8.18. The third-order valence-electron chi connectivity index (χ3n) is 3.46. The number of nitrogens with zero attached hydrogens (tertiary/aromatic N) is 1. The van der Waals surface area contributed by atoms with Crippen molar-refractivity contribution in [2.45, 2.75) is 19.0 Å². The zero-order chi connectivity index (χ0) is 12.0. The van der Waals surface area contributed by atoms with Gasteiger partial charge in [-0.15, -0.1) is 0 Å². The van der Waals surface area contributed by atoms with E-state index in [1.54, 1.807) is 4.90 Å². The SMILES string of the molecule is C[C@@H]1[C@@H](N)C(=O)N1c1ccc2ccccc2c1. The van der Waals surface area contributed by atoms with E-state index in [9.17, 15) is 4.79 Å². The van der Waals surface area contributed by atoms with E-state index in [2.05, 4.69) is 6.07 Å². The van der Waals surface area contributed by atoms with E-state index < -0.39 is 0 Å². The molecule has 1 amide bonds. The highest BCUT2D eigenvalue weighted by molar-refractivity contribution is 6.06. The number of benzene rings is 2. The van der Waals surface area contributed by atoms with Gasteiger partial charge in [0, 0.05) is 5.69 Å². The minimum absolute atomic E-state index is 0.00720. The highest BCUT2D eigenvalue weighted by atomic mass is 16.2. The molecule has 3 heteroatoms. The first-order valence-corrected chi connectivity index (χ1v) is 5.76. The fourth-order valence-electron chi connectivity index (χ4n) is 2.34. The third kappa shape index (κ3) is 1.43. The number of hydrogen-bond donors (Lipinski definition) is 1. The van der Waals surface area contributed by atoms with Gasteiger partial charge >= 0.3 is 0 Å². The summed E-state index contributed by atoms with van der Waals surface area (Å²) in [6.07, 6.45) is 0. The number of β-lactam (4-membered cyclic amide) rings is 1. The molecule has 0 spiro atoms. The van der Waals surface area contributed by atoms with Crippen molar-refractivity contribution in [3.8, 4) is 0 Å². The average molecular weight is 226 g/mol. The van der Waals surface area contributed by atoms with Gasteiger partial charge in [0.25, 0.3) is 0 Å². The molecule has 1 saturated heterocycles. The van der Waals surface area contributed by atoms with Crippen LogP contribution in [-0.2, 0) is 4.79 Å². The molecule has 2 aromatic carbocycles. The van der Waals surface area contributed by atoms with Crippen LogP contribution in [0.1, 0.15) is 6.92 Å². The standard InChI is InChI=1S/C14H14N2O/c1-9-13(15)14(17)16(9)12-7-6-10-4-2-3-5-11(10)8-12/h2-9,13H,15H2,1H3/t9-,13-/m1/s1. The van der Waals surface area contributed by atoms with Crippen LogP contribution in [0.2, 0.25) is 0 Å². The molecule has 0 aromatic heterocycles. The van der Waals surface area contributed by atoms with Crippen LogP contribution < -0.4 is 10.6 Å². The van der Waals surface area contributed by atoms with E-state index >= 15 is 0 Å². The summed E-state index contributed by atoms with van der Waals surface area (Å²) in [5, 5.41) is 2.33. The second-order valence-corrected chi connectivity index (χ2v) is 4.51. The second kappa shape index (κ2) is 3.57. The first kappa shape index (κ1) is 10.3. The molecule has 0 unspecified atom stereocenters. The Hall–Kier alpha value is -1.87. The van der Waals surface area contributed by atoms with Crippen molar-refractivity contribution in [3.05, 3.63) is 42.5 Å². The first-order valence-electron chi connectivity index (χ1n) is 5.76. The van der Waals surface area contributed by atoms with Gasteiger partial charge in [0.15, 0.2) is 0 Å². The molecular formula is C14H14N2O. The smallest absolute Gasteiger partial charge is 0.246 e. The largest absolute Gasteiger partial charge is 0.318 e. The number of nitrogens with two attached hydrogens (primary N) is 1. The van der Waals surface area contributed by atoms with Gasteiger partial charge in [-0.2, -0.15) is 0 Å². The van der Waals surface area contributed by atoms with Crippen molar-refractivity contribution in [1.82, 2.24) is 0 Å². The summed E-state index contributed by atoms with van der Waals surface area (Å²) in [5.41, 5.74) is 6.65. The van der Waals surface area contributed by atoms with Crippen LogP contribution in [0.15, 0.2) is 42.5 Å². The van der Waals surface area contributed by atoms with Crippen LogP contribution in [0.4, 0.5) is 5.69 Å². The lowest BCUT2D eigenvalue weighted by molar-refractivity contribution is -0.125. The summed E-state index contributed by atoms with van der Waals surface area (Å²) in [7, 11) is 0. The Bertz CT molecular complexity index is 594. The highest BCUT2D eigenvalue weighted by Crippen LogP contribution is 2.29. The van der Waals surface area contributed by atoms with Gasteiger partial charge < -0.3 is 10.6 Å². The summed E-state index contributed by atoms with van der Waals surface area (Å²) >= 11 is 0. The second-order valence-electron chi connectivity index (χ2n) is 4.51. The zero-order valence-electron chi connectivity index (χ0n) is 9.63. The van der Waals surface area contributed by atoms with Crippen molar-refractivity contribution in [3.63, 3.8) is 0 Å². The molecular weight excluding hydrogens is 212 g/mol. The number of fused-ring (bicyclic) bond motifs is 1. The Morgan fingerprint density at radius 1 is 1.12 bits per heavy atom. The van der Waals surface area contributed by atoms with Crippen LogP contribution in [0.3, 0.4) is 0 Å². The maximum atomic E-state index is 11.7. The van der Waals surface area contributed by atoms with E-state index in [4.69, 9.17) is 5.73 Å². The van der Waals surface area contributed by atoms with Gasteiger partial charge in [-0.05, 0) is 29.8 Å². The molecule has 0 radical (unpaired) electrons. The van der Waals surface area contributed by atoms with Crippen LogP contribution in [0.25, 0.3) is 10.8 Å². The molecule has 0 aliphatic carbocycles. The van der Waals surface area contributed by atoms with Crippen LogP contribution in [0.5, 0.6) is 0 Å². The highest BCUT2D eigenvalue weighted by Gasteiger charge is 2.42.